The van der Waals surface area contributed by atoms with E-state index in [2.05, 4.69) is 11.9 Å². The van der Waals surface area contributed by atoms with Crippen LogP contribution in [0.4, 0.5) is 4.79 Å². The largest absolute Gasteiger partial charge is 0.489 e. The third kappa shape index (κ3) is 12.7. The number of likely N-dealkylation sites (N-methyl/N-ethyl adjacent to an activating group) is 1. The number of nitrogens with zero attached hydrogens (tertiary/aromatic N) is 3. The third-order valence-corrected chi connectivity index (χ3v) is 5.46. The standard InChI is InChI=1S/C19H31N5O3.C4H8.2C2H6/c1-13-17(27-14-8-6-5-7-9-14)11-10-15(22-13)18(20)16(24(4)21)12-26-19(25)23(2)3;1-4-2-3-4;2*1-2/h10-11,14H,5-9,12,20-21H2,1-4H3;4H,2-3H2,1H3;2*1-2H3/b18-16-;;;. The van der Waals surface area contributed by atoms with Crippen LogP contribution >= 0.6 is 0 Å². The van der Waals surface area contributed by atoms with Crippen LogP contribution in [0.3, 0.4) is 0 Å². The Hall–Kier alpha value is -2.48. The molecule has 35 heavy (non-hydrogen) atoms. The van der Waals surface area contributed by atoms with Gasteiger partial charge in [-0.2, -0.15) is 0 Å². The summed E-state index contributed by atoms with van der Waals surface area (Å²) < 4.78 is 11.3. The summed E-state index contributed by atoms with van der Waals surface area (Å²) in [6.45, 7) is 12.1. The van der Waals surface area contributed by atoms with Crippen molar-refractivity contribution in [3.8, 4) is 5.75 Å². The van der Waals surface area contributed by atoms with Crippen molar-refractivity contribution in [3.63, 3.8) is 0 Å². The molecular weight excluding hydrogens is 442 g/mol. The van der Waals surface area contributed by atoms with Gasteiger partial charge in [0.2, 0.25) is 0 Å². The van der Waals surface area contributed by atoms with E-state index in [1.165, 1.54) is 42.0 Å². The maximum Gasteiger partial charge on any atom is 0.409 e. The minimum atomic E-state index is -0.470. The maximum absolute atomic E-state index is 11.7. The van der Waals surface area contributed by atoms with Crippen molar-refractivity contribution in [2.24, 2.45) is 17.5 Å². The number of ether oxygens (including phenoxy) is 2. The average molecular weight is 494 g/mol. The van der Waals surface area contributed by atoms with E-state index in [9.17, 15) is 4.79 Å². The number of hydrazine groups is 1. The lowest BCUT2D eigenvalue weighted by atomic mass is 9.98. The predicted octanol–water partition coefficient (Wildman–Crippen LogP) is 5.70. The lowest BCUT2D eigenvalue weighted by Gasteiger charge is -2.24. The summed E-state index contributed by atoms with van der Waals surface area (Å²) in [5.74, 6) is 7.73. The molecule has 3 rings (SSSR count). The Balaban J connectivity index is 0.00000125. The van der Waals surface area contributed by atoms with Gasteiger partial charge in [-0.15, -0.1) is 0 Å². The van der Waals surface area contributed by atoms with Gasteiger partial charge in [0.05, 0.1) is 28.9 Å². The smallest absolute Gasteiger partial charge is 0.409 e. The molecule has 1 heterocycles. The van der Waals surface area contributed by atoms with E-state index in [4.69, 9.17) is 21.1 Å². The Bertz CT molecular complexity index is 755. The SMILES string of the molecule is CC.CC.CC1CC1.Cc1nc(/C(N)=C(\COC(=O)N(C)C)N(C)N)ccc1OC1CCCCC1. The van der Waals surface area contributed by atoms with Gasteiger partial charge in [0.1, 0.15) is 12.4 Å². The number of carbonyl (C=O) groups excluding carboxylic acids is 1. The van der Waals surface area contributed by atoms with E-state index in [-0.39, 0.29) is 12.7 Å². The van der Waals surface area contributed by atoms with Crippen LogP contribution in [0.1, 0.15) is 91.0 Å². The van der Waals surface area contributed by atoms with Crippen LogP contribution in [0.15, 0.2) is 17.8 Å². The molecule has 0 saturated heterocycles. The molecule has 8 heteroatoms. The Morgan fingerprint density at radius 2 is 1.57 bits per heavy atom. The first-order valence-electron chi connectivity index (χ1n) is 13.1. The van der Waals surface area contributed by atoms with Gasteiger partial charge in [-0.25, -0.2) is 15.6 Å². The minimum absolute atomic E-state index is 0.0447. The lowest BCUT2D eigenvalue weighted by molar-refractivity contribution is 0.120. The molecule has 1 aromatic rings. The van der Waals surface area contributed by atoms with Crippen LogP contribution in [-0.2, 0) is 4.74 Å². The Kier molecular flexibility index (Phi) is 16.6. The zero-order valence-corrected chi connectivity index (χ0v) is 23.7. The monoisotopic (exact) mass is 493 g/mol. The lowest BCUT2D eigenvalue weighted by Crippen LogP contribution is -2.33. The van der Waals surface area contributed by atoms with Crippen molar-refractivity contribution in [1.29, 1.82) is 0 Å². The zero-order chi connectivity index (χ0) is 27.0. The first kappa shape index (κ1) is 32.5. The number of nitrogens with two attached hydrogens (primary N) is 2. The van der Waals surface area contributed by atoms with Crippen LogP contribution in [0.25, 0.3) is 5.70 Å². The molecule has 0 spiro atoms. The molecule has 2 aliphatic rings. The Labute approximate surface area is 214 Å². The van der Waals surface area contributed by atoms with E-state index in [0.717, 1.165) is 30.2 Å². The van der Waals surface area contributed by atoms with Crippen molar-refractivity contribution >= 4 is 11.8 Å². The summed E-state index contributed by atoms with van der Waals surface area (Å²) >= 11 is 0. The van der Waals surface area contributed by atoms with E-state index in [1.807, 2.05) is 40.7 Å². The molecule has 0 unspecified atom stereocenters. The Morgan fingerprint density at radius 1 is 1.03 bits per heavy atom. The molecule has 2 aliphatic carbocycles. The van der Waals surface area contributed by atoms with E-state index < -0.39 is 6.09 Å². The number of hydrogen-bond donors (Lipinski definition) is 2. The normalized spacial score (nSPS) is 15.5. The molecule has 2 saturated carbocycles. The highest BCUT2D eigenvalue weighted by atomic mass is 16.6. The topological polar surface area (TPSA) is 107 Å². The highest BCUT2D eigenvalue weighted by molar-refractivity contribution is 5.68. The average Bonchev–Trinajstić information content (AvgIpc) is 3.65. The summed E-state index contributed by atoms with van der Waals surface area (Å²) in [5, 5.41) is 1.34. The van der Waals surface area contributed by atoms with Gasteiger partial charge in [0.15, 0.2) is 0 Å². The van der Waals surface area contributed by atoms with Crippen LogP contribution in [0.2, 0.25) is 0 Å². The number of aromatic nitrogens is 1. The minimum Gasteiger partial charge on any atom is -0.489 e. The predicted molar refractivity (Wildman–Crippen MR) is 146 cm³/mol. The van der Waals surface area contributed by atoms with E-state index >= 15 is 0 Å². The van der Waals surface area contributed by atoms with Gasteiger partial charge in [-0.1, -0.05) is 53.9 Å². The Morgan fingerprint density at radius 3 is 2.00 bits per heavy atom. The van der Waals surface area contributed by atoms with E-state index in [0.29, 0.717) is 17.1 Å². The first-order valence-corrected chi connectivity index (χ1v) is 13.1. The summed E-state index contributed by atoms with van der Waals surface area (Å²) in [4.78, 5) is 17.6. The van der Waals surface area contributed by atoms with Crippen molar-refractivity contribution in [1.82, 2.24) is 14.9 Å². The zero-order valence-electron chi connectivity index (χ0n) is 23.7. The second-order valence-corrected chi connectivity index (χ2v) is 8.76. The van der Waals surface area contributed by atoms with Crippen LogP contribution in [-0.4, -0.2) is 54.8 Å². The van der Waals surface area contributed by atoms with Crippen molar-refractivity contribution in [2.75, 3.05) is 27.7 Å². The fourth-order valence-electron chi connectivity index (χ4n) is 3.13. The number of pyridine rings is 1. The fourth-order valence-corrected chi connectivity index (χ4v) is 3.13. The molecular formula is C27H51N5O3. The maximum atomic E-state index is 11.7. The fraction of sp³-hybridized carbons (Fsp3) is 0.704. The molecule has 2 fully saturated rings. The van der Waals surface area contributed by atoms with Crippen molar-refractivity contribution < 1.29 is 14.3 Å². The molecule has 4 N–H and O–H groups in total. The summed E-state index contributed by atoms with van der Waals surface area (Å²) in [6.07, 6.45) is 8.64. The summed E-state index contributed by atoms with van der Waals surface area (Å²) in [7, 11) is 4.85. The quantitative estimate of drug-likeness (QED) is 0.386. The van der Waals surface area contributed by atoms with Crippen LogP contribution in [0, 0.1) is 12.8 Å². The van der Waals surface area contributed by atoms with Crippen LogP contribution < -0.4 is 16.3 Å². The molecule has 202 valence electrons. The highest BCUT2D eigenvalue weighted by Gasteiger charge is 2.18. The molecule has 0 atom stereocenters. The van der Waals surface area contributed by atoms with E-state index in [1.54, 1.807) is 27.2 Å². The van der Waals surface area contributed by atoms with Gasteiger partial charge in [0.25, 0.3) is 0 Å². The molecule has 1 aromatic heterocycles. The van der Waals surface area contributed by atoms with Crippen molar-refractivity contribution in [2.45, 2.75) is 92.6 Å². The number of carbonyl (C=O) groups is 1. The van der Waals surface area contributed by atoms with Crippen LogP contribution in [0.5, 0.6) is 5.75 Å². The molecule has 0 radical (unpaired) electrons. The van der Waals surface area contributed by atoms with Gasteiger partial charge in [-0.05, 0) is 50.7 Å². The summed E-state index contributed by atoms with van der Waals surface area (Å²) in [5.41, 5.74) is 8.42. The molecule has 0 aliphatic heterocycles. The summed E-state index contributed by atoms with van der Waals surface area (Å²) in [6, 6.07) is 3.69. The van der Waals surface area contributed by atoms with Gasteiger partial charge in [0, 0.05) is 21.1 Å². The number of hydrogen-bond acceptors (Lipinski definition) is 7. The third-order valence-electron chi connectivity index (χ3n) is 5.46. The number of amides is 1. The van der Waals surface area contributed by atoms with Gasteiger partial charge < -0.3 is 25.1 Å². The number of rotatable bonds is 6. The second kappa shape index (κ2) is 17.9. The highest BCUT2D eigenvalue weighted by Crippen LogP contribution is 2.27. The number of aryl methyl sites for hydroxylation is 1. The second-order valence-electron chi connectivity index (χ2n) is 8.76. The molecule has 0 bridgehead atoms. The first-order chi connectivity index (χ1) is 16.7. The molecule has 0 aromatic carbocycles. The molecule has 1 amide bonds. The van der Waals surface area contributed by atoms with Gasteiger partial charge in [-0.3, -0.25) is 0 Å². The molecule has 8 nitrogen and oxygen atoms in total. The van der Waals surface area contributed by atoms with Gasteiger partial charge >= 0.3 is 6.09 Å². The van der Waals surface area contributed by atoms with Crippen molar-refractivity contribution in [3.05, 3.63) is 29.2 Å².